The minimum atomic E-state index is -0.454. The largest absolute Gasteiger partial charge is 2.00 e. The van der Waals surface area contributed by atoms with E-state index >= 15 is 0 Å². The fourth-order valence-corrected chi connectivity index (χ4v) is 2.98. The molecule has 0 aromatic heterocycles. The molecule has 1 radical (unpaired) electrons. The Labute approximate surface area is 194 Å². The number of halogens is 1. The number of carbonyl (C=O) groups is 1. The fourth-order valence-electron chi connectivity index (χ4n) is 2.56. The van der Waals surface area contributed by atoms with E-state index in [1.165, 1.54) is 18.2 Å². The number of aliphatic imine (C=N–C) groups is 1. The average Bonchev–Trinajstić information content (AvgIpc) is 3.45. The molecule has 0 heterocycles. The Morgan fingerprint density at radius 3 is 2.20 bits per heavy atom. The molecule has 6 heteroatoms. The van der Waals surface area contributed by atoms with Crippen molar-refractivity contribution in [2.45, 2.75) is 0 Å². The summed E-state index contributed by atoms with van der Waals surface area (Å²) in [7, 11) is 0. The van der Waals surface area contributed by atoms with Gasteiger partial charge >= 0.3 is 164 Å². The van der Waals surface area contributed by atoms with E-state index in [4.69, 9.17) is 0 Å². The first kappa shape index (κ1) is 23.5. The molecule has 151 valence electrons. The molecule has 0 unspecified atom stereocenters. The number of hydrogen-bond acceptors (Lipinski definition) is 2. The summed E-state index contributed by atoms with van der Waals surface area (Å²) in [6.45, 7) is 0. The van der Waals surface area contributed by atoms with Crippen LogP contribution in [-0.2, 0) is 17.1 Å². The number of carbonyl (C=O) groups excluding carboxylic acids is 1. The Balaban J connectivity index is 0.000000468. The Hall–Kier alpha value is -2.75. The minimum absolute atomic E-state index is 0. The number of nitrogens with zero attached hydrogens (tertiary/aromatic N) is 1. The maximum atomic E-state index is 13.1. The van der Waals surface area contributed by atoms with E-state index in [0.717, 1.165) is 11.1 Å². The van der Waals surface area contributed by atoms with Crippen molar-refractivity contribution >= 4 is 32.3 Å². The van der Waals surface area contributed by atoms with Crippen LogP contribution in [-0.4, -0.2) is 26.7 Å². The topological polar surface area (TPSA) is 41.5 Å². The smallest absolute Gasteiger partial charge is 0.214 e. The third-order valence-corrected chi connectivity index (χ3v) is 4.36. The van der Waals surface area contributed by atoms with Gasteiger partial charge in [0.05, 0.1) is 0 Å². The van der Waals surface area contributed by atoms with Crippen LogP contribution >= 0.6 is 0 Å². The molecule has 1 amide bonds. The average molecular weight is 504 g/mol. The van der Waals surface area contributed by atoms with Gasteiger partial charge < -0.3 is 0 Å². The molecule has 0 saturated heterocycles. The van der Waals surface area contributed by atoms with Crippen LogP contribution in [0.15, 0.2) is 108 Å². The van der Waals surface area contributed by atoms with E-state index < -0.39 is 11.7 Å². The molecule has 4 aromatic carbocycles. The molecule has 1 N–H and O–H groups in total. The van der Waals surface area contributed by atoms with Crippen LogP contribution in [0.5, 0.6) is 0 Å². The van der Waals surface area contributed by atoms with Crippen molar-refractivity contribution in [3.63, 3.8) is 0 Å². The van der Waals surface area contributed by atoms with Crippen LogP contribution in [0.3, 0.4) is 0 Å². The summed E-state index contributed by atoms with van der Waals surface area (Å²) >= 11 is 2.71. The molecule has 0 atom stereocenters. The van der Waals surface area contributed by atoms with Crippen molar-refractivity contribution in [2.75, 3.05) is 0 Å². The van der Waals surface area contributed by atoms with Crippen molar-refractivity contribution in [1.82, 2.24) is 5.32 Å². The molecular weight excluding hydrogens is 486 g/mol. The molecule has 0 bridgehead atoms. The third kappa shape index (κ3) is 7.25. The molecule has 0 saturated carbocycles. The predicted molar refractivity (Wildman–Crippen MR) is 116 cm³/mol. The predicted octanol–water partition coefficient (Wildman–Crippen LogP) is 5.20. The fraction of sp³-hybridized carbons (Fsp3) is 0. The molecule has 0 aliphatic rings. The van der Waals surface area contributed by atoms with Crippen LogP contribution in [0.2, 0.25) is 0 Å². The van der Waals surface area contributed by atoms with Crippen LogP contribution in [0.4, 0.5) is 10.1 Å². The SMILES string of the molecule is O=C(NC([Se])=Nc1ccc(-[c-]2cccc2)cc1)c1cccc(F)c1.[Fe+2].c1cc[cH-]c1. The van der Waals surface area contributed by atoms with Crippen molar-refractivity contribution < 1.29 is 26.3 Å². The van der Waals surface area contributed by atoms with Crippen molar-refractivity contribution in [3.05, 3.63) is 115 Å². The Morgan fingerprint density at radius 1 is 0.967 bits per heavy atom. The number of rotatable bonds is 3. The van der Waals surface area contributed by atoms with Gasteiger partial charge in [-0.2, -0.15) is 18.2 Å². The summed E-state index contributed by atoms with van der Waals surface area (Å²) < 4.78 is 13.5. The summed E-state index contributed by atoms with van der Waals surface area (Å²) in [6, 6.07) is 31.2. The Bertz CT molecular complexity index is 1040. The first-order valence-corrected chi connectivity index (χ1v) is 9.79. The monoisotopic (exact) mass is 505 g/mol. The van der Waals surface area contributed by atoms with Gasteiger partial charge in [-0.05, 0) is 0 Å². The first-order chi connectivity index (χ1) is 14.1. The van der Waals surface area contributed by atoms with Gasteiger partial charge in [-0.25, -0.2) is 12.1 Å². The molecule has 0 spiro atoms. The summed E-state index contributed by atoms with van der Waals surface area (Å²) in [5.41, 5.74) is 3.20. The van der Waals surface area contributed by atoms with E-state index in [1.54, 1.807) is 6.07 Å². The van der Waals surface area contributed by atoms with Gasteiger partial charge in [-0.1, -0.05) is 0 Å². The zero-order valence-corrected chi connectivity index (χ0v) is 18.6. The van der Waals surface area contributed by atoms with E-state index in [0.29, 0.717) is 10.4 Å². The molecule has 0 aliphatic heterocycles. The number of amidine groups is 1. The van der Waals surface area contributed by atoms with Gasteiger partial charge in [-0.15, -0.1) is 0 Å². The van der Waals surface area contributed by atoms with Gasteiger partial charge in [0.1, 0.15) is 0 Å². The standard InChI is InChI=1S/C19H13FN2OSe.C5H5.Fe/c20-16-7-3-6-15(12-16)18(23)22-19(24)21-17-10-8-14(9-11-17)13-4-1-2-5-13;1-2-4-5-3-1;/h1-12H,(H,21,22,23);1-5H;/q2*-1;+2. The van der Waals surface area contributed by atoms with Gasteiger partial charge in [0.2, 0.25) is 0 Å². The second kappa shape index (κ2) is 12.1. The van der Waals surface area contributed by atoms with Crippen LogP contribution < -0.4 is 5.32 Å². The van der Waals surface area contributed by atoms with Gasteiger partial charge in [-0.3, -0.25) is 0 Å². The van der Waals surface area contributed by atoms with Crippen molar-refractivity contribution in [3.8, 4) is 11.1 Å². The third-order valence-electron chi connectivity index (χ3n) is 3.96. The van der Waals surface area contributed by atoms with E-state index in [2.05, 4.69) is 26.3 Å². The normalized spacial score (nSPS) is 10.4. The summed E-state index contributed by atoms with van der Waals surface area (Å²) in [5.74, 6) is -0.871. The second-order valence-electron chi connectivity index (χ2n) is 6.06. The van der Waals surface area contributed by atoms with Gasteiger partial charge in [0.25, 0.3) is 0 Å². The van der Waals surface area contributed by atoms with Crippen molar-refractivity contribution in [1.29, 1.82) is 0 Å². The first-order valence-electron chi connectivity index (χ1n) is 8.93. The molecule has 4 rings (SSSR count). The van der Waals surface area contributed by atoms with E-state index in [9.17, 15) is 9.18 Å². The summed E-state index contributed by atoms with van der Waals surface area (Å²) in [6.07, 6.45) is 0. The quantitative estimate of drug-likeness (QED) is 0.177. The molecule has 4 aromatic rings. The Morgan fingerprint density at radius 2 is 1.63 bits per heavy atom. The molecule has 0 fully saturated rings. The van der Waals surface area contributed by atoms with E-state index in [1.807, 2.05) is 78.9 Å². The maximum absolute atomic E-state index is 13.1. The molecule has 0 aliphatic carbocycles. The second-order valence-corrected chi connectivity index (χ2v) is 6.88. The van der Waals surface area contributed by atoms with Gasteiger partial charge in [0, 0.05) is 0 Å². The number of amides is 1. The zero-order chi connectivity index (χ0) is 20.5. The van der Waals surface area contributed by atoms with Crippen LogP contribution in [0.25, 0.3) is 11.1 Å². The summed E-state index contributed by atoms with van der Waals surface area (Å²) in [5, 5.41) is 2.60. The van der Waals surface area contributed by atoms with Crippen LogP contribution in [0.1, 0.15) is 10.4 Å². The Kier molecular flexibility index (Phi) is 9.46. The number of hydrogen-bond donors (Lipinski definition) is 1. The van der Waals surface area contributed by atoms with Crippen LogP contribution in [0, 0.1) is 5.82 Å². The maximum Gasteiger partial charge on any atom is 2.00 e. The number of benzene rings is 2. The van der Waals surface area contributed by atoms with E-state index in [-0.39, 0.29) is 22.6 Å². The van der Waals surface area contributed by atoms with Crippen molar-refractivity contribution in [2.24, 2.45) is 4.99 Å². The molecular formula is C24H18FFeN2OSe. The number of nitrogens with one attached hydrogen (secondary N) is 1. The summed E-state index contributed by atoms with van der Waals surface area (Å²) in [4.78, 5) is 16.3. The van der Waals surface area contributed by atoms with Gasteiger partial charge in [0.15, 0.2) is 0 Å². The molecule has 30 heavy (non-hydrogen) atoms. The minimum Gasteiger partial charge on any atom is -0.214 e. The zero-order valence-electron chi connectivity index (χ0n) is 15.8. The molecule has 3 nitrogen and oxygen atoms in total.